The topological polar surface area (TPSA) is 44.0 Å². The first kappa shape index (κ1) is 13.6. The highest BCUT2D eigenvalue weighted by Crippen LogP contribution is 2.51. The van der Waals surface area contributed by atoms with Crippen LogP contribution in [0.4, 0.5) is 0 Å². The number of rotatable bonds is 3. The van der Waals surface area contributed by atoms with Crippen molar-refractivity contribution in [3.05, 3.63) is 35.2 Å². The van der Waals surface area contributed by atoms with Crippen molar-refractivity contribution in [3.8, 4) is 6.07 Å². The van der Waals surface area contributed by atoms with Crippen LogP contribution in [0.2, 0.25) is 0 Å². The zero-order chi connectivity index (χ0) is 14.2. The van der Waals surface area contributed by atoms with Crippen LogP contribution in [0.15, 0.2) is 29.6 Å². The zero-order valence-electron chi connectivity index (χ0n) is 11.7. The van der Waals surface area contributed by atoms with Crippen LogP contribution in [-0.2, 0) is 0 Å². The van der Waals surface area contributed by atoms with E-state index in [1.54, 1.807) is 11.3 Å². The summed E-state index contributed by atoms with van der Waals surface area (Å²) in [6.45, 7) is 2.17. The van der Waals surface area contributed by atoms with Crippen molar-refractivity contribution in [1.29, 1.82) is 5.26 Å². The number of thiophene rings is 1. The van der Waals surface area contributed by atoms with Crippen LogP contribution in [0, 0.1) is 22.7 Å². The summed E-state index contributed by atoms with van der Waals surface area (Å²) < 4.78 is 1.18. The molecule has 1 N–H and O–H groups in total. The third kappa shape index (κ3) is 2.04. The van der Waals surface area contributed by atoms with Gasteiger partial charge in [0, 0.05) is 10.3 Å². The predicted molar refractivity (Wildman–Crippen MR) is 82.5 cm³/mol. The first-order chi connectivity index (χ1) is 9.70. The molecule has 1 aromatic carbocycles. The van der Waals surface area contributed by atoms with Crippen molar-refractivity contribution in [3.63, 3.8) is 0 Å². The fourth-order valence-electron chi connectivity index (χ4n) is 3.45. The SMILES string of the molecule is CCC1CCC(C#N)(C(O)c2csc3ccccc23)C1. The zero-order valence-corrected chi connectivity index (χ0v) is 12.5. The largest absolute Gasteiger partial charge is 0.387 e. The Labute approximate surface area is 123 Å². The standard InChI is InChI=1S/C17H19NOS/c1-2-12-7-8-17(9-12,11-18)16(19)14-10-20-15-6-4-3-5-13(14)15/h3-6,10,12,16,19H,2,7-9H2,1H3. The minimum atomic E-state index is -0.666. The summed E-state index contributed by atoms with van der Waals surface area (Å²) in [6.07, 6.45) is 3.13. The van der Waals surface area contributed by atoms with E-state index in [-0.39, 0.29) is 0 Å². The van der Waals surface area contributed by atoms with E-state index in [1.165, 1.54) is 4.70 Å². The van der Waals surface area contributed by atoms with E-state index in [0.717, 1.165) is 36.6 Å². The molecule has 0 aliphatic heterocycles. The van der Waals surface area contributed by atoms with Gasteiger partial charge in [0.2, 0.25) is 0 Å². The van der Waals surface area contributed by atoms with Crippen molar-refractivity contribution in [1.82, 2.24) is 0 Å². The summed E-state index contributed by atoms with van der Waals surface area (Å²) in [7, 11) is 0. The molecular weight excluding hydrogens is 266 g/mol. The summed E-state index contributed by atoms with van der Waals surface area (Å²) in [6, 6.07) is 10.6. The number of hydrogen-bond donors (Lipinski definition) is 1. The van der Waals surface area contributed by atoms with E-state index >= 15 is 0 Å². The quantitative estimate of drug-likeness (QED) is 0.891. The minimum absolute atomic E-state index is 0.578. The molecule has 0 bridgehead atoms. The Bertz CT molecular complexity index is 656. The van der Waals surface area contributed by atoms with Crippen molar-refractivity contribution in [2.75, 3.05) is 0 Å². The molecule has 2 aromatic rings. The Balaban J connectivity index is 1.99. The Morgan fingerprint density at radius 2 is 2.30 bits per heavy atom. The number of benzene rings is 1. The molecule has 0 saturated heterocycles. The highest BCUT2D eigenvalue weighted by atomic mass is 32.1. The van der Waals surface area contributed by atoms with Gasteiger partial charge in [0.1, 0.15) is 0 Å². The maximum absolute atomic E-state index is 10.9. The van der Waals surface area contributed by atoms with E-state index < -0.39 is 11.5 Å². The molecular formula is C17H19NOS. The van der Waals surface area contributed by atoms with Gasteiger partial charge in [0.15, 0.2) is 0 Å². The van der Waals surface area contributed by atoms with Gasteiger partial charge in [0.05, 0.1) is 17.6 Å². The average molecular weight is 285 g/mol. The summed E-state index contributed by atoms with van der Waals surface area (Å²) in [4.78, 5) is 0. The normalized spacial score (nSPS) is 27.6. The molecule has 0 spiro atoms. The lowest BCUT2D eigenvalue weighted by atomic mass is 9.78. The van der Waals surface area contributed by atoms with Crippen molar-refractivity contribution in [2.24, 2.45) is 11.3 Å². The highest BCUT2D eigenvalue weighted by molar-refractivity contribution is 7.17. The third-order valence-electron chi connectivity index (χ3n) is 4.78. The van der Waals surface area contributed by atoms with Crippen molar-refractivity contribution in [2.45, 2.75) is 38.7 Å². The monoisotopic (exact) mass is 285 g/mol. The highest BCUT2D eigenvalue weighted by Gasteiger charge is 2.45. The molecule has 1 aliphatic rings. The number of aliphatic hydroxyl groups is 1. The van der Waals surface area contributed by atoms with Crippen molar-refractivity contribution < 1.29 is 5.11 Å². The van der Waals surface area contributed by atoms with Gasteiger partial charge in [-0.15, -0.1) is 11.3 Å². The van der Waals surface area contributed by atoms with Gasteiger partial charge in [-0.05, 0) is 42.0 Å². The van der Waals surface area contributed by atoms with E-state index in [2.05, 4.69) is 19.1 Å². The van der Waals surface area contributed by atoms with Gasteiger partial charge in [-0.2, -0.15) is 5.26 Å². The van der Waals surface area contributed by atoms with Gasteiger partial charge in [-0.3, -0.25) is 0 Å². The molecule has 0 radical (unpaired) electrons. The number of nitrogens with zero attached hydrogens (tertiary/aromatic N) is 1. The summed E-state index contributed by atoms with van der Waals surface area (Å²) in [5, 5.41) is 23.6. The summed E-state index contributed by atoms with van der Waals surface area (Å²) in [5.41, 5.74) is 0.341. The fraction of sp³-hybridized carbons (Fsp3) is 0.471. The van der Waals surface area contributed by atoms with Crippen LogP contribution in [-0.4, -0.2) is 5.11 Å². The second-order valence-corrected chi connectivity index (χ2v) is 6.79. The molecule has 104 valence electrons. The smallest absolute Gasteiger partial charge is 0.0990 e. The van der Waals surface area contributed by atoms with Crippen molar-refractivity contribution >= 4 is 21.4 Å². The Kier molecular flexibility index (Phi) is 3.54. The molecule has 1 fully saturated rings. The first-order valence-corrected chi connectivity index (χ1v) is 8.13. The minimum Gasteiger partial charge on any atom is -0.387 e. The molecule has 0 amide bonds. The second-order valence-electron chi connectivity index (χ2n) is 5.87. The number of aliphatic hydroxyl groups excluding tert-OH is 1. The Morgan fingerprint density at radius 3 is 3.00 bits per heavy atom. The molecule has 20 heavy (non-hydrogen) atoms. The van der Waals surface area contributed by atoms with Crippen LogP contribution in [0.3, 0.4) is 0 Å². The summed E-state index contributed by atoms with van der Waals surface area (Å²) in [5.74, 6) is 0.578. The van der Waals surface area contributed by atoms with Crippen LogP contribution in [0.1, 0.15) is 44.3 Å². The average Bonchev–Trinajstić information content (AvgIpc) is 3.11. The first-order valence-electron chi connectivity index (χ1n) is 7.25. The van der Waals surface area contributed by atoms with Crippen LogP contribution in [0.5, 0.6) is 0 Å². The molecule has 3 unspecified atom stereocenters. The molecule has 1 aliphatic carbocycles. The van der Waals surface area contributed by atoms with Crippen LogP contribution < -0.4 is 0 Å². The van der Waals surface area contributed by atoms with Gasteiger partial charge in [-0.25, -0.2) is 0 Å². The number of fused-ring (bicyclic) bond motifs is 1. The van der Waals surface area contributed by atoms with E-state index in [1.807, 2.05) is 23.6 Å². The molecule has 1 saturated carbocycles. The lowest BCUT2D eigenvalue weighted by molar-refractivity contribution is 0.0656. The number of nitriles is 1. The summed E-state index contributed by atoms with van der Waals surface area (Å²) >= 11 is 1.65. The van der Waals surface area contributed by atoms with Gasteiger partial charge >= 0.3 is 0 Å². The fourth-order valence-corrected chi connectivity index (χ4v) is 4.43. The lowest BCUT2D eigenvalue weighted by Crippen LogP contribution is -2.24. The van der Waals surface area contributed by atoms with E-state index in [9.17, 15) is 10.4 Å². The molecule has 3 atom stereocenters. The molecule has 3 rings (SSSR count). The Hall–Kier alpha value is -1.37. The van der Waals surface area contributed by atoms with E-state index in [4.69, 9.17) is 0 Å². The van der Waals surface area contributed by atoms with Gasteiger partial charge in [0.25, 0.3) is 0 Å². The molecule has 2 nitrogen and oxygen atoms in total. The lowest BCUT2D eigenvalue weighted by Gasteiger charge is -2.27. The molecule has 1 aromatic heterocycles. The third-order valence-corrected chi connectivity index (χ3v) is 5.76. The van der Waals surface area contributed by atoms with Gasteiger partial charge < -0.3 is 5.11 Å². The second kappa shape index (κ2) is 5.20. The number of hydrogen-bond acceptors (Lipinski definition) is 3. The van der Waals surface area contributed by atoms with Crippen LogP contribution >= 0.6 is 11.3 Å². The maximum atomic E-state index is 10.9. The van der Waals surface area contributed by atoms with Gasteiger partial charge in [-0.1, -0.05) is 31.5 Å². The molecule has 3 heteroatoms. The van der Waals surface area contributed by atoms with Crippen LogP contribution in [0.25, 0.3) is 10.1 Å². The predicted octanol–water partition coefficient (Wildman–Crippen LogP) is 4.65. The van der Waals surface area contributed by atoms with E-state index in [0.29, 0.717) is 5.92 Å². The Morgan fingerprint density at radius 1 is 1.50 bits per heavy atom. The maximum Gasteiger partial charge on any atom is 0.0990 e. The molecule has 1 heterocycles.